The summed E-state index contributed by atoms with van der Waals surface area (Å²) in [6, 6.07) is 10.7. The second-order valence-corrected chi connectivity index (χ2v) is 10.8. The zero-order chi connectivity index (χ0) is 19.9. The highest BCUT2D eigenvalue weighted by Crippen LogP contribution is 2.40. The van der Waals surface area contributed by atoms with Crippen LogP contribution < -0.4 is 10.6 Å². The van der Waals surface area contributed by atoms with Gasteiger partial charge in [-0.25, -0.2) is 12.7 Å². The molecular formula is C20H33IN4O2S2. The van der Waals surface area contributed by atoms with Crippen LogP contribution in [0.4, 0.5) is 0 Å². The Kier molecular flexibility index (Phi) is 10.0. The Hall–Kier alpha value is -0.520. The third kappa shape index (κ3) is 6.73. The Morgan fingerprint density at radius 3 is 2.41 bits per heavy atom. The minimum Gasteiger partial charge on any atom is -0.356 e. The number of aliphatic imine (C=N–C) groups is 1. The van der Waals surface area contributed by atoms with Crippen LogP contribution in [0.1, 0.15) is 31.2 Å². The van der Waals surface area contributed by atoms with Crippen molar-refractivity contribution in [2.24, 2.45) is 4.99 Å². The Morgan fingerprint density at radius 2 is 1.79 bits per heavy atom. The van der Waals surface area contributed by atoms with Crippen LogP contribution in [0.2, 0.25) is 0 Å². The van der Waals surface area contributed by atoms with E-state index in [0.717, 1.165) is 18.1 Å². The first-order chi connectivity index (χ1) is 13.6. The number of thioether (sulfide) groups is 1. The second-order valence-electron chi connectivity index (χ2n) is 7.53. The lowest BCUT2D eigenvalue weighted by atomic mass is 9.79. The number of sulfonamides is 1. The van der Waals surface area contributed by atoms with Crippen LogP contribution in [0.15, 0.2) is 35.3 Å². The highest BCUT2D eigenvalue weighted by molar-refractivity contribution is 14.0. The predicted octanol–water partition coefficient (Wildman–Crippen LogP) is 2.66. The second kappa shape index (κ2) is 11.8. The monoisotopic (exact) mass is 552 g/mol. The van der Waals surface area contributed by atoms with Gasteiger partial charge in [-0.05, 0) is 18.4 Å². The van der Waals surface area contributed by atoms with Gasteiger partial charge in [-0.2, -0.15) is 11.8 Å². The zero-order valence-electron chi connectivity index (χ0n) is 17.1. The molecule has 1 saturated carbocycles. The van der Waals surface area contributed by atoms with Gasteiger partial charge in [0, 0.05) is 50.1 Å². The largest absolute Gasteiger partial charge is 0.356 e. The standard InChI is InChI=1S/C20H32N4O2S2.HI/c1-21-19(22-11-16-28(25,26)24-12-14-27-15-13-24)23-17-20(9-5-6-10-20)18-7-3-2-4-8-18;/h2-4,7-8H,5-6,9-17H2,1H3,(H2,21,22,23);1H. The lowest BCUT2D eigenvalue weighted by Gasteiger charge is -2.31. The van der Waals surface area contributed by atoms with E-state index in [2.05, 4.69) is 46.0 Å². The number of rotatable bonds is 7. The Bertz CT molecular complexity index is 747. The Balaban J connectivity index is 0.00000300. The van der Waals surface area contributed by atoms with Gasteiger partial charge in [0.1, 0.15) is 0 Å². The number of nitrogens with zero attached hydrogens (tertiary/aromatic N) is 2. The molecule has 0 bridgehead atoms. The third-order valence-electron chi connectivity index (χ3n) is 5.78. The maximum absolute atomic E-state index is 12.5. The first kappa shape index (κ1) is 24.7. The number of halogens is 1. The highest BCUT2D eigenvalue weighted by Gasteiger charge is 2.35. The SMILES string of the molecule is CN=C(NCCS(=O)(=O)N1CCSCC1)NCC1(c2ccccc2)CCCC1.I. The maximum Gasteiger partial charge on any atom is 0.215 e. The van der Waals surface area contributed by atoms with Crippen molar-refractivity contribution in [1.82, 2.24) is 14.9 Å². The van der Waals surface area contributed by atoms with Gasteiger partial charge in [-0.1, -0.05) is 43.2 Å². The van der Waals surface area contributed by atoms with Crippen molar-refractivity contribution in [3.63, 3.8) is 0 Å². The molecule has 9 heteroatoms. The van der Waals surface area contributed by atoms with Gasteiger partial charge in [0.2, 0.25) is 10.0 Å². The number of hydrogen-bond acceptors (Lipinski definition) is 4. The molecule has 1 aromatic carbocycles. The molecule has 0 aromatic heterocycles. The molecular weight excluding hydrogens is 519 g/mol. The molecule has 2 fully saturated rings. The maximum atomic E-state index is 12.5. The quantitative estimate of drug-likeness (QED) is 0.309. The van der Waals surface area contributed by atoms with E-state index in [1.54, 1.807) is 11.4 Å². The van der Waals surface area contributed by atoms with E-state index in [9.17, 15) is 8.42 Å². The summed E-state index contributed by atoms with van der Waals surface area (Å²) in [7, 11) is -1.47. The van der Waals surface area contributed by atoms with Gasteiger partial charge in [0.05, 0.1) is 5.75 Å². The molecule has 0 unspecified atom stereocenters. The zero-order valence-corrected chi connectivity index (χ0v) is 21.1. The molecule has 3 rings (SSSR count). The molecule has 2 aliphatic rings. The van der Waals surface area contributed by atoms with Crippen molar-refractivity contribution < 1.29 is 8.42 Å². The number of nitrogens with one attached hydrogen (secondary N) is 2. The van der Waals surface area contributed by atoms with Gasteiger partial charge in [-0.3, -0.25) is 4.99 Å². The lowest BCUT2D eigenvalue weighted by Crippen LogP contribution is -2.47. The van der Waals surface area contributed by atoms with Gasteiger partial charge in [0.15, 0.2) is 5.96 Å². The van der Waals surface area contributed by atoms with E-state index < -0.39 is 10.0 Å². The van der Waals surface area contributed by atoms with Crippen LogP contribution in [0.5, 0.6) is 0 Å². The average Bonchev–Trinajstić information content (AvgIpc) is 3.22. The predicted molar refractivity (Wildman–Crippen MR) is 134 cm³/mol. The lowest BCUT2D eigenvalue weighted by molar-refractivity contribution is 0.431. The van der Waals surface area contributed by atoms with E-state index >= 15 is 0 Å². The molecule has 0 atom stereocenters. The van der Waals surface area contributed by atoms with E-state index in [4.69, 9.17) is 0 Å². The molecule has 1 aliphatic heterocycles. The fraction of sp³-hybridized carbons (Fsp3) is 0.650. The normalized spacial score (nSPS) is 20.1. The van der Waals surface area contributed by atoms with Gasteiger partial charge < -0.3 is 10.6 Å². The van der Waals surface area contributed by atoms with Gasteiger partial charge in [-0.15, -0.1) is 24.0 Å². The fourth-order valence-electron chi connectivity index (χ4n) is 4.14. The van der Waals surface area contributed by atoms with E-state index in [-0.39, 0.29) is 35.1 Å². The fourth-order valence-corrected chi connectivity index (χ4v) is 6.63. The third-order valence-corrected chi connectivity index (χ3v) is 8.60. The van der Waals surface area contributed by atoms with Crippen LogP contribution in [-0.2, 0) is 15.4 Å². The molecule has 2 N–H and O–H groups in total. The van der Waals surface area contributed by atoms with Crippen molar-refractivity contribution >= 4 is 51.7 Å². The summed E-state index contributed by atoms with van der Waals surface area (Å²) in [4.78, 5) is 4.29. The van der Waals surface area contributed by atoms with Crippen molar-refractivity contribution in [1.29, 1.82) is 0 Å². The summed E-state index contributed by atoms with van der Waals surface area (Å²) >= 11 is 1.81. The molecule has 0 amide bonds. The number of benzene rings is 1. The van der Waals surface area contributed by atoms with Crippen LogP contribution >= 0.6 is 35.7 Å². The topological polar surface area (TPSA) is 73.8 Å². The first-order valence-corrected chi connectivity index (χ1v) is 12.9. The number of guanidine groups is 1. The summed E-state index contributed by atoms with van der Waals surface area (Å²) in [6.45, 7) is 2.43. The minimum atomic E-state index is -3.20. The summed E-state index contributed by atoms with van der Waals surface area (Å²) < 4.78 is 26.6. The summed E-state index contributed by atoms with van der Waals surface area (Å²) in [6.07, 6.45) is 4.83. The summed E-state index contributed by atoms with van der Waals surface area (Å²) in [5.41, 5.74) is 1.51. The molecule has 6 nitrogen and oxygen atoms in total. The van der Waals surface area contributed by atoms with E-state index in [1.807, 2.05) is 11.8 Å². The van der Waals surface area contributed by atoms with Crippen molar-refractivity contribution in [3.8, 4) is 0 Å². The van der Waals surface area contributed by atoms with Gasteiger partial charge in [0.25, 0.3) is 0 Å². The smallest absolute Gasteiger partial charge is 0.215 e. The summed E-state index contributed by atoms with van der Waals surface area (Å²) in [5, 5.41) is 6.63. The Labute approximate surface area is 196 Å². The molecule has 0 radical (unpaired) electrons. The average molecular weight is 553 g/mol. The van der Waals surface area contributed by atoms with Crippen LogP contribution in [0.3, 0.4) is 0 Å². The molecule has 1 aromatic rings. The highest BCUT2D eigenvalue weighted by atomic mass is 127. The molecule has 1 heterocycles. The van der Waals surface area contributed by atoms with Crippen molar-refractivity contribution in [3.05, 3.63) is 35.9 Å². The van der Waals surface area contributed by atoms with Crippen LogP contribution in [0, 0.1) is 0 Å². The first-order valence-electron chi connectivity index (χ1n) is 10.1. The summed E-state index contributed by atoms with van der Waals surface area (Å²) in [5.74, 6) is 2.54. The van der Waals surface area contributed by atoms with Crippen molar-refractivity contribution in [2.75, 3.05) is 50.5 Å². The number of hydrogen-bond donors (Lipinski definition) is 2. The van der Waals surface area contributed by atoms with E-state index in [1.165, 1.54) is 31.2 Å². The molecule has 1 aliphatic carbocycles. The Morgan fingerprint density at radius 1 is 1.14 bits per heavy atom. The van der Waals surface area contributed by atoms with Crippen LogP contribution in [0.25, 0.3) is 0 Å². The molecule has 0 spiro atoms. The van der Waals surface area contributed by atoms with Gasteiger partial charge >= 0.3 is 0 Å². The molecule has 29 heavy (non-hydrogen) atoms. The molecule has 1 saturated heterocycles. The molecule has 164 valence electrons. The minimum absolute atomic E-state index is 0. The van der Waals surface area contributed by atoms with Crippen molar-refractivity contribution in [2.45, 2.75) is 31.1 Å². The van der Waals surface area contributed by atoms with Crippen LogP contribution in [-0.4, -0.2) is 69.2 Å². The van der Waals surface area contributed by atoms with E-state index in [0.29, 0.717) is 25.6 Å².